The fourth-order valence-electron chi connectivity index (χ4n) is 17.4. The van der Waals surface area contributed by atoms with Crippen LogP contribution in [0.5, 0.6) is 17.2 Å². The van der Waals surface area contributed by atoms with E-state index in [-0.39, 0.29) is 16.2 Å². The molecule has 0 aliphatic rings. The van der Waals surface area contributed by atoms with Gasteiger partial charge < -0.3 is 13.6 Å². The Hall–Kier alpha value is -2.51. The van der Waals surface area contributed by atoms with Crippen LogP contribution in [0.25, 0.3) is 0 Å². The highest BCUT2D eigenvalue weighted by molar-refractivity contribution is 7.43. The molecular weight excluding hydrogens is 1160 g/mol. The summed E-state index contributed by atoms with van der Waals surface area (Å²) in [5.74, 6) is 6.97. The van der Waals surface area contributed by atoms with Gasteiger partial charge in [-0.15, -0.1) is 0 Å². The van der Waals surface area contributed by atoms with Crippen molar-refractivity contribution in [2.45, 2.75) is 428 Å². The van der Waals surface area contributed by atoms with Crippen LogP contribution in [0.2, 0.25) is 0 Å². The maximum absolute atomic E-state index is 8.13. The van der Waals surface area contributed by atoms with E-state index in [1.807, 2.05) is 0 Å². The smallest absolute Gasteiger partial charge is 0.408 e. The summed E-state index contributed by atoms with van der Waals surface area (Å²) in [6.07, 6.45) is 60.8. The van der Waals surface area contributed by atoms with Crippen LogP contribution < -0.4 is 13.6 Å². The van der Waals surface area contributed by atoms with Gasteiger partial charge in [-0.3, -0.25) is 0 Å². The van der Waals surface area contributed by atoms with Gasteiger partial charge in [0.1, 0.15) is 17.2 Å². The summed E-state index contributed by atoms with van der Waals surface area (Å²) in [6, 6.07) is 28.6. The fraction of sp³-hybridized carbons (Fsp3) is 0.800. The molecule has 542 valence electrons. The Morgan fingerprint density at radius 2 is 0.436 bits per heavy atom. The van der Waals surface area contributed by atoms with Crippen molar-refractivity contribution in [1.82, 2.24) is 0 Å². The van der Waals surface area contributed by atoms with E-state index in [0.29, 0.717) is 35.5 Å². The van der Waals surface area contributed by atoms with Crippen molar-refractivity contribution < 1.29 is 13.6 Å². The predicted octanol–water partition coefficient (Wildman–Crippen LogP) is 31.9. The lowest BCUT2D eigenvalue weighted by molar-refractivity contribution is 0.202. The second-order valence-electron chi connectivity index (χ2n) is 31.0. The Kier molecular flexibility index (Phi) is 47.9. The van der Waals surface area contributed by atoms with E-state index in [9.17, 15) is 0 Å². The van der Waals surface area contributed by atoms with Crippen LogP contribution in [0.15, 0.2) is 72.8 Å². The lowest BCUT2D eigenvalue weighted by Gasteiger charge is -2.42. The van der Waals surface area contributed by atoms with Crippen molar-refractivity contribution in [2.24, 2.45) is 35.5 Å². The van der Waals surface area contributed by atoms with Crippen LogP contribution in [0.1, 0.15) is 429 Å². The minimum Gasteiger partial charge on any atom is -0.408 e. The van der Waals surface area contributed by atoms with Gasteiger partial charge in [-0.1, -0.05) is 409 Å². The molecule has 0 spiro atoms. The van der Waals surface area contributed by atoms with Gasteiger partial charge in [-0.2, -0.15) is 0 Å². The molecule has 6 atom stereocenters. The van der Waals surface area contributed by atoms with Crippen LogP contribution >= 0.6 is 8.60 Å². The molecule has 0 bridgehead atoms. The highest BCUT2D eigenvalue weighted by Gasteiger charge is 2.44. The SMILES string of the molecule is CCCCCCCC(CC(CC)CCCC)(CC(CC)CCCC)c1ccccc1OP(Oc1ccccc1C(CCCCCCC)(CC(CC)CCCC)CC(CC)CCCC)Oc1ccccc1C(CCCCCCC)(CC(CC)CCCC)CC(CC)CCCC. The molecule has 3 aromatic carbocycles. The Morgan fingerprint density at radius 3 is 0.628 bits per heavy atom. The normalized spacial score (nSPS) is 16.1. The minimum absolute atomic E-state index is 0.0368. The van der Waals surface area contributed by atoms with Crippen LogP contribution in [0.3, 0.4) is 0 Å². The minimum atomic E-state index is -2.04. The number of hydrogen-bond acceptors (Lipinski definition) is 3. The molecule has 0 heterocycles. The van der Waals surface area contributed by atoms with E-state index >= 15 is 0 Å². The van der Waals surface area contributed by atoms with Gasteiger partial charge in [0.25, 0.3) is 0 Å². The second kappa shape index (κ2) is 52.5. The third-order valence-corrected chi connectivity index (χ3v) is 24.5. The first-order chi connectivity index (χ1) is 45.9. The summed E-state index contributed by atoms with van der Waals surface area (Å²) in [5, 5.41) is 0. The lowest BCUT2D eigenvalue weighted by Crippen LogP contribution is -2.33. The van der Waals surface area contributed by atoms with Crippen molar-refractivity contribution in [2.75, 3.05) is 0 Å². The maximum Gasteiger partial charge on any atom is 0.530 e. The zero-order chi connectivity index (χ0) is 68.6. The molecule has 0 radical (unpaired) electrons. The highest BCUT2D eigenvalue weighted by atomic mass is 31.2. The van der Waals surface area contributed by atoms with Gasteiger partial charge in [-0.25, -0.2) is 0 Å². The van der Waals surface area contributed by atoms with E-state index in [4.69, 9.17) is 13.6 Å². The first kappa shape index (κ1) is 85.7. The van der Waals surface area contributed by atoms with Crippen LogP contribution in [-0.4, -0.2) is 0 Å². The van der Waals surface area contributed by atoms with E-state index in [1.165, 1.54) is 325 Å². The first-order valence-electron chi connectivity index (χ1n) is 42.0. The van der Waals surface area contributed by atoms with Gasteiger partial charge in [0.2, 0.25) is 0 Å². The van der Waals surface area contributed by atoms with Crippen molar-refractivity contribution in [3.8, 4) is 17.2 Å². The first-order valence-corrected chi connectivity index (χ1v) is 43.1. The number of unbranched alkanes of at least 4 members (excludes halogenated alkanes) is 18. The van der Waals surface area contributed by atoms with E-state index in [2.05, 4.69) is 177 Å². The average Bonchev–Trinajstić information content (AvgIpc) is 0.790. The summed E-state index contributed by atoms with van der Waals surface area (Å²) in [4.78, 5) is 0. The van der Waals surface area contributed by atoms with Crippen molar-refractivity contribution in [3.63, 3.8) is 0 Å². The van der Waals surface area contributed by atoms with Crippen molar-refractivity contribution >= 4 is 8.60 Å². The molecule has 0 amide bonds. The summed E-state index contributed by atoms with van der Waals surface area (Å²) in [5.41, 5.74) is 4.16. The standard InChI is InChI=1S/C90H159O3P/c1-16-31-40-43-52-67-88(70-76(25-10)55-34-19-4,71-77(26-11)56-35-20-5)82-61-46-49-64-85(82)91-94(92-86-65-50-47-62-83(86)89(68-53-44-41-32-17-2,72-78(27-12)57-36-21-6)73-79(28-13)58-37-22-7)93-87-66-51-48-63-84(87)90(69-54-45-42-33-18-3,74-80(29-14)59-38-23-8)75-81(30-15)60-39-24-9/h46-51,61-66,76-81H,16-45,52-60,67-75H2,1-15H3. The van der Waals surface area contributed by atoms with E-state index in [1.54, 1.807) is 0 Å². The molecule has 3 rings (SSSR count). The predicted molar refractivity (Wildman–Crippen MR) is 421 cm³/mol. The third kappa shape index (κ3) is 30.9. The van der Waals surface area contributed by atoms with Crippen LogP contribution in [-0.2, 0) is 16.2 Å². The second-order valence-corrected chi connectivity index (χ2v) is 32.0. The molecule has 0 aromatic heterocycles. The maximum atomic E-state index is 8.13. The van der Waals surface area contributed by atoms with Gasteiger partial charge in [0.05, 0.1) is 0 Å². The molecule has 0 fully saturated rings. The monoisotopic (exact) mass is 1320 g/mol. The molecule has 0 saturated carbocycles. The molecule has 94 heavy (non-hydrogen) atoms. The number of para-hydroxylation sites is 3. The zero-order valence-corrected chi connectivity index (χ0v) is 66.4. The largest absolute Gasteiger partial charge is 0.530 e. The fourth-order valence-corrected chi connectivity index (χ4v) is 18.4. The van der Waals surface area contributed by atoms with Crippen LogP contribution in [0, 0.1) is 35.5 Å². The highest BCUT2D eigenvalue weighted by Crippen LogP contribution is 2.57. The summed E-state index contributed by atoms with van der Waals surface area (Å²) in [6.45, 7) is 36.5. The van der Waals surface area contributed by atoms with E-state index < -0.39 is 8.60 Å². The Labute approximate surface area is 589 Å². The van der Waals surface area contributed by atoms with Gasteiger partial charge in [-0.05, 0) is 128 Å². The van der Waals surface area contributed by atoms with Gasteiger partial charge >= 0.3 is 8.60 Å². The topological polar surface area (TPSA) is 27.7 Å². The number of rotatable bonds is 63. The van der Waals surface area contributed by atoms with E-state index in [0.717, 1.165) is 17.2 Å². The Morgan fingerprint density at radius 1 is 0.245 bits per heavy atom. The van der Waals surface area contributed by atoms with Gasteiger partial charge in [0.15, 0.2) is 0 Å². The number of benzene rings is 3. The molecule has 0 saturated heterocycles. The Balaban J connectivity index is 2.69. The zero-order valence-electron chi connectivity index (χ0n) is 65.5. The molecule has 3 aromatic rings. The molecule has 0 aliphatic heterocycles. The average molecular weight is 1320 g/mol. The molecule has 6 unspecified atom stereocenters. The summed E-state index contributed by atoms with van der Waals surface area (Å²) < 4.78 is 24.4. The summed E-state index contributed by atoms with van der Waals surface area (Å²) >= 11 is 0. The molecule has 0 aliphatic carbocycles. The van der Waals surface area contributed by atoms with Crippen LogP contribution in [0.4, 0.5) is 0 Å². The Bertz CT molecular complexity index is 1930. The number of hydrogen-bond donors (Lipinski definition) is 0. The van der Waals surface area contributed by atoms with Crippen molar-refractivity contribution in [3.05, 3.63) is 89.5 Å². The molecular formula is C90H159O3P. The third-order valence-electron chi connectivity index (χ3n) is 23.5. The summed E-state index contributed by atoms with van der Waals surface area (Å²) in [7, 11) is -2.04. The van der Waals surface area contributed by atoms with Gasteiger partial charge in [0, 0.05) is 16.7 Å². The quantitative estimate of drug-likeness (QED) is 0.0416. The van der Waals surface area contributed by atoms with Crippen molar-refractivity contribution in [1.29, 1.82) is 0 Å². The lowest BCUT2D eigenvalue weighted by atomic mass is 9.64. The molecule has 3 nitrogen and oxygen atoms in total. The molecule has 4 heteroatoms. The molecule has 0 N–H and O–H groups in total.